The number of likely N-dealkylation sites (tertiary alicyclic amines) is 1. The van der Waals surface area contributed by atoms with Crippen LogP contribution in [0.4, 0.5) is 0 Å². The van der Waals surface area contributed by atoms with Crippen LogP contribution in [0.25, 0.3) is 0 Å². The molecule has 0 aromatic heterocycles. The summed E-state index contributed by atoms with van der Waals surface area (Å²) in [6.07, 6.45) is 4.25. The predicted octanol–water partition coefficient (Wildman–Crippen LogP) is 0.626. The maximum Gasteiger partial charge on any atom is 0.243 e. The van der Waals surface area contributed by atoms with Crippen LogP contribution in [0.1, 0.15) is 65.7 Å². The van der Waals surface area contributed by atoms with Gasteiger partial charge in [0.2, 0.25) is 17.7 Å². The Morgan fingerprint density at radius 2 is 2.03 bits per heavy atom. The highest BCUT2D eigenvalue weighted by molar-refractivity contribution is 6.14. The van der Waals surface area contributed by atoms with Gasteiger partial charge in [0.1, 0.15) is 20.5 Å². The highest BCUT2D eigenvalue weighted by atomic mass is 16.5. The van der Waals surface area contributed by atoms with E-state index in [4.69, 9.17) is 20.4 Å². The lowest BCUT2D eigenvalue weighted by molar-refractivity contribution is -0.140. The van der Waals surface area contributed by atoms with Crippen LogP contribution in [-0.2, 0) is 23.9 Å². The van der Waals surface area contributed by atoms with Crippen LogP contribution in [-0.4, -0.2) is 81.4 Å². The van der Waals surface area contributed by atoms with E-state index in [1.54, 1.807) is 18.7 Å². The second kappa shape index (κ2) is 10.2. The molecule has 3 amide bonds. The van der Waals surface area contributed by atoms with Gasteiger partial charge in [0.05, 0.1) is 13.9 Å². The van der Waals surface area contributed by atoms with Crippen LogP contribution in [0, 0.1) is 11.3 Å². The summed E-state index contributed by atoms with van der Waals surface area (Å²) in [6, 6.07) is -1.50. The van der Waals surface area contributed by atoms with Crippen molar-refractivity contribution in [3.8, 4) is 0 Å². The van der Waals surface area contributed by atoms with Crippen molar-refractivity contribution in [2.45, 2.75) is 89.1 Å². The van der Waals surface area contributed by atoms with Gasteiger partial charge < -0.3 is 20.3 Å². The first kappa shape index (κ1) is 25.8. The van der Waals surface area contributed by atoms with E-state index >= 15 is 0 Å². The van der Waals surface area contributed by atoms with E-state index in [1.165, 1.54) is 0 Å². The lowest BCUT2D eigenvalue weighted by Crippen LogP contribution is -2.52. The molecule has 2 aliphatic heterocycles. The molecule has 1 spiro atoms. The number of Topliss-reactive ketones (excluding diaryl/α,β-unsaturated/α-hetero) is 1. The predicted molar refractivity (Wildman–Crippen MR) is 125 cm³/mol. The standard InChI is InChI=1S/C23H35B2N3O5/c1-14(24)4-5-19(30)28-13-23(7-8-23)11-17(28)21(32)27-16(10-15-6-9-26-20(15)31)18(29)12-33-22(2,3)25/h14-17H,4-13H2,1-3H3,(H,26,31)(H,27,32)/t14?,15-,16-,17-/m0/s1. The summed E-state index contributed by atoms with van der Waals surface area (Å²) in [5.41, 5.74) is -0.981. The largest absolute Gasteiger partial charge is 0.378 e. The Morgan fingerprint density at radius 3 is 2.58 bits per heavy atom. The molecule has 10 heteroatoms. The van der Waals surface area contributed by atoms with Crippen molar-refractivity contribution in [1.29, 1.82) is 0 Å². The van der Waals surface area contributed by atoms with Gasteiger partial charge in [-0.1, -0.05) is 12.7 Å². The second-order valence-corrected chi connectivity index (χ2v) is 10.7. The van der Waals surface area contributed by atoms with Gasteiger partial charge in [-0.05, 0) is 57.8 Å². The lowest BCUT2D eigenvalue weighted by Gasteiger charge is -2.28. The Labute approximate surface area is 199 Å². The summed E-state index contributed by atoms with van der Waals surface area (Å²) in [4.78, 5) is 52.9. The highest BCUT2D eigenvalue weighted by Crippen LogP contribution is 2.55. The zero-order valence-electron chi connectivity index (χ0n) is 20.0. The molecule has 1 aliphatic carbocycles. The molecule has 3 rings (SSSR count). The number of hydrogen-bond acceptors (Lipinski definition) is 5. The molecule has 3 fully saturated rings. The summed E-state index contributed by atoms with van der Waals surface area (Å²) in [5.74, 6) is -1.33. The van der Waals surface area contributed by atoms with E-state index in [9.17, 15) is 19.2 Å². The van der Waals surface area contributed by atoms with Gasteiger partial charge in [-0.25, -0.2) is 0 Å². The topological polar surface area (TPSA) is 105 Å². The molecule has 4 atom stereocenters. The Hall–Kier alpha value is -1.83. The van der Waals surface area contributed by atoms with Crippen molar-refractivity contribution < 1.29 is 23.9 Å². The van der Waals surface area contributed by atoms with E-state index < -0.39 is 17.6 Å². The maximum atomic E-state index is 13.3. The first-order chi connectivity index (χ1) is 15.4. The fourth-order valence-electron chi connectivity index (χ4n) is 4.64. The van der Waals surface area contributed by atoms with Crippen molar-refractivity contribution in [1.82, 2.24) is 15.5 Å². The smallest absolute Gasteiger partial charge is 0.243 e. The SMILES string of the molecule is [B]C(C)CCC(=O)N1CC2(CC2)C[C@H]1C(=O)N[C@@H](C[C@@H]1CCNC1=O)C(=O)COC([B])(C)C. The average Bonchev–Trinajstić information content (AvgIpc) is 3.18. The Bertz CT molecular complexity index is 779. The number of rotatable bonds is 11. The third-order valence-corrected chi connectivity index (χ3v) is 6.88. The normalized spacial score (nSPS) is 25.5. The first-order valence-electron chi connectivity index (χ1n) is 12.0. The molecule has 3 aliphatic rings. The van der Waals surface area contributed by atoms with Crippen LogP contribution < -0.4 is 10.6 Å². The van der Waals surface area contributed by atoms with E-state index in [1.807, 2.05) is 6.92 Å². The third-order valence-electron chi connectivity index (χ3n) is 6.88. The summed E-state index contributed by atoms with van der Waals surface area (Å²) in [6.45, 7) is 5.97. The molecule has 0 aromatic rings. The van der Waals surface area contributed by atoms with Gasteiger partial charge in [-0.3, -0.25) is 19.2 Å². The summed E-state index contributed by atoms with van der Waals surface area (Å²) < 4.78 is 5.43. The molecule has 2 N–H and O–H groups in total. The minimum Gasteiger partial charge on any atom is -0.378 e. The van der Waals surface area contributed by atoms with Crippen LogP contribution >= 0.6 is 0 Å². The molecule has 8 nitrogen and oxygen atoms in total. The van der Waals surface area contributed by atoms with E-state index in [0.29, 0.717) is 38.8 Å². The van der Waals surface area contributed by atoms with Crippen molar-refractivity contribution in [2.24, 2.45) is 11.3 Å². The van der Waals surface area contributed by atoms with Crippen molar-refractivity contribution in [3.05, 3.63) is 0 Å². The lowest BCUT2D eigenvalue weighted by atomic mass is 9.85. The van der Waals surface area contributed by atoms with Gasteiger partial charge >= 0.3 is 0 Å². The van der Waals surface area contributed by atoms with Crippen LogP contribution in [0.3, 0.4) is 0 Å². The minimum atomic E-state index is -0.998. The third kappa shape index (κ3) is 7.08. The van der Waals surface area contributed by atoms with Crippen molar-refractivity contribution in [2.75, 3.05) is 19.7 Å². The number of nitrogens with one attached hydrogen (secondary N) is 2. The molecular weight excluding hydrogens is 420 g/mol. The minimum absolute atomic E-state index is 0.0174. The molecule has 178 valence electrons. The number of nitrogens with zero attached hydrogens (tertiary/aromatic N) is 1. The molecule has 2 heterocycles. The summed E-state index contributed by atoms with van der Waals surface area (Å²) in [5, 5.41) is 5.62. The Morgan fingerprint density at radius 1 is 1.33 bits per heavy atom. The molecule has 0 aromatic carbocycles. The van der Waals surface area contributed by atoms with E-state index in [2.05, 4.69) is 10.6 Å². The summed E-state index contributed by atoms with van der Waals surface area (Å²) >= 11 is 0. The monoisotopic (exact) mass is 455 g/mol. The molecule has 1 unspecified atom stereocenters. The fraction of sp³-hybridized carbons (Fsp3) is 0.826. The maximum absolute atomic E-state index is 13.3. The van der Waals surface area contributed by atoms with Crippen molar-refractivity contribution >= 4 is 39.2 Å². The zero-order valence-corrected chi connectivity index (χ0v) is 20.0. The van der Waals surface area contributed by atoms with Gasteiger partial charge in [-0.15, -0.1) is 0 Å². The number of ketones is 1. The number of ether oxygens (including phenoxy) is 1. The highest BCUT2D eigenvalue weighted by Gasteiger charge is 2.55. The zero-order chi connectivity index (χ0) is 24.4. The average molecular weight is 455 g/mol. The van der Waals surface area contributed by atoms with E-state index in [0.717, 1.165) is 12.8 Å². The number of carbonyl (C=O) groups is 4. The molecule has 0 bridgehead atoms. The van der Waals surface area contributed by atoms with Gasteiger partial charge in [0.25, 0.3) is 0 Å². The first-order valence-corrected chi connectivity index (χ1v) is 12.0. The van der Waals surface area contributed by atoms with Crippen LogP contribution in [0.2, 0.25) is 5.82 Å². The van der Waals surface area contributed by atoms with Gasteiger partial charge in [-0.2, -0.15) is 0 Å². The molecule has 2 saturated heterocycles. The van der Waals surface area contributed by atoms with Crippen molar-refractivity contribution in [3.63, 3.8) is 0 Å². The van der Waals surface area contributed by atoms with Gasteiger partial charge in [0.15, 0.2) is 5.78 Å². The quantitative estimate of drug-likeness (QED) is 0.445. The second-order valence-electron chi connectivity index (χ2n) is 10.7. The number of carbonyl (C=O) groups excluding carboxylic acids is 4. The molecule has 33 heavy (non-hydrogen) atoms. The summed E-state index contributed by atoms with van der Waals surface area (Å²) in [7, 11) is 11.6. The fourth-order valence-corrected chi connectivity index (χ4v) is 4.64. The number of amides is 3. The Balaban J connectivity index is 1.69. The molecular formula is C23H35B2N3O5. The Kier molecular flexibility index (Phi) is 7.97. The molecule has 4 radical (unpaired) electrons. The van der Waals surface area contributed by atoms with Gasteiger partial charge in [0, 0.05) is 30.9 Å². The molecule has 1 saturated carbocycles. The van der Waals surface area contributed by atoms with Crippen LogP contribution in [0.15, 0.2) is 0 Å². The van der Waals surface area contributed by atoms with Crippen LogP contribution in [0.5, 0.6) is 0 Å². The number of hydrogen-bond donors (Lipinski definition) is 2. The van der Waals surface area contributed by atoms with E-state index in [-0.39, 0.29) is 53.7 Å².